The lowest BCUT2D eigenvalue weighted by Gasteiger charge is -2.28. The monoisotopic (exact) mass is 262 g/mol. The molecule has 2 unspecified atom stereocenters. The Morgan fingerprint density at radius 1 is 1.53 bits per heavy atom. The highest BCUT2D eigenvalue weighted by Gasteiger charge is 2.21. The lowest BCUT2D eigenvalue weighted by molar-refractivity contribution is 0.0924. The quantitative estimate of drug-likeness (QED) is 0.859. The number of nitrogens with one attached hydrogen (secondary N) is 2. The third-order valence-electron chi connectivity index (χ3n) is 3.53. The first-order valence-corrected chi connectivity index (χ1v) is 6.97. The molecule has 104 valence electrons. The van der Waals surface area contributed by atoms with Crippen LogP contribution in [0.3, 0.4) is 0 Å². The maximum atomic E-state index is 12.4. The fourth-order valence-electron chi connectivity index (χ4n) is 2.50. The molecule has 1 aromatic heterocycles. The molecule has 2 heterocycles. The Morgan fingerprint density at radius 3 is 3.00 bits per heavy atom. The Labute approximate surface area is 114 Å². The molecule has 0 aromatic carbocycles. The van der Waals surface area contributed by atoms with Gasteiger partial charge in [0, 0.05) is 12.1 Å². The van der Waals surface area contributed by atoms with Crippen LogP contribution in [-0.4, -0.2) is 34.7 Å². The maximum absolute atomic E-state index is 12.4. The second-order valence-corrected chi connectivity index (χ2v) is 5.25. The molecule has 5 heteroatoms. The summed E-state index contributed by atoms with van der Waals surface area (Å²) in [6.07, 6.45) is 2.68. The number of hydrogen-bond acceptors (Lipinski definition) is 4. The van der Waals surface area contributed by atoms with Crippen molar-refractivity contribution in [1.82, 2.24) is 20.8 Å². The molecule has 0 aliphatic carbocycles. The molecule has 5 nitrogen and oxygen atoms in total. The van der Waals surface area contributed by atoms with E-state index in [1.54, 1.807) is 0 Å². The lowest BCUT2D eigenvalue weighted by Crippen LogP contribution is -2.46. The minimum atomic E-state index is -0.0195. The van der Waals surface area contributed by atoms with Gasteiger partial charge in [-0.15, -0.1) is 0 Å². The largest absolute Gasteiger partial charge is 0.349 e. The van der Waals surface area contributed by atoms with Crippen molar-refractivity contribution in [1.29, 1.82) is 0 Å². The fourth-order valence-corrected chi connectivity index (χ4v) is 2.50. The van der Waals surface area contributed by atoms with E-state index in [9.17, 15) is 4.79 Å². The molecular formula is C14H22N4O. The molecule has 19 heavy (non-hydrogen) atoms. The summed E-state index contributed by atoms with van der Waals surface area (Å²) in [6.45, 7) is 6.95. The van der Waals surface area contributed by atoms with Gasteiger partial charge in [0.25, 0.3) is 5.91 Å². The number of aryl methyl sites for hydroxylation is 2. The molecular weight excluding hydrogens is 240 g/mol. The molecule has 1 saturated heterocycles. The first-order chi connectivity index (χ1) is 9.10. The topological polar surface area (TPSA) is 66.9 Å². The van der Waals surface area contributed by atoms with Gasteiger partial charge in [0.1, 0.15) is 0 Å². The zero-order valence-corrected chi connectivity index (χ0v) is 11.9. The van der Waals surface area contributed by atoms with Crippen molar-refractivity contribution in [2.45, 2.75) is 52.1 Å². The molecule has 2 N–H and O–H groups in total. The molecule has 2 atom stereocenters. The van der Waals surface area contributed by atoms with Crippen LogP contribution in [0.5, 0.6) is 0 Å². The Kier molecular flexibility index (Phi) is 4.47. The number of aromatic nitrogens is 2. The van der Waals surface area contributed by atoms with Gasteiger partial charge in [0.05, 0.1) is 17.0 Å². The van der Waals surface area contributed by atoms with E-state index in [4.69, 9.17) is 0 Å². The first-order valence-electron chi connectivity index (χ1n) is 6.97. The van der Waals surface area contributed by atoms with Gasteiger partial charge in [-0.2, -0.15) is 10.2 Å². The predicted molar refractivity (Wildman–Crippen MR) is 74.1 cm³/mol. The van der Waals surface area contributed by atoms with E-state index in [2.05, 4.69) is 27.8 Å². The SMILES string of the molecule is CCc1nnc(C)cc1C(=O)NC1CCNC(C)C1. The van der Waals surface area contributed by atoms with Crippen LogP contribution in [0.2, 0.25) is 0 Å². The minimum absolute atomic E-state index is 0.0195. The summed E-state index contributed by atoms with van der Waals surface area (Å²) in [5.74, 6) is -0.0195. The Morgan fingerprint density at radius 2 is 2.32 bits per heavy atom. The number of amides is 1. The van der Waals surface area contributed by atoms with E-state index in [1.807, 2.05) is 19.9 Å². The van der Waals surface area contributed by atoms with Crippen LogP contribution < -0.4 is 10.6 Å². The molecule has 1 amide bonds. The highest BCUT2D eigenvalue weighted by molar-refractivity contribution is 5.95. The van der Waals surface area contributed by atoms with Gasteiger partial charge in [0.15, 0.2) is 0 Å². The van der Waals surface area contributed by atoms with Gasteiger partial charge >= 0.3 is 0 Å². The van der Waals surface area contributed by atoms with Crippen molar-refractivity contribution in [3.05, 3.63) is 23.0 Å². The van der Waals surface area contributed by atoms with Gasteiger partial charge in [-0.1, -0.05) is 6.92 Å². The zero-order chi connectivity index (χ0) is 13.8. The van der Waals surface area contributed by atoms with Crippen LogP contribution in [-0.2, 0) is 6.42 Å². The van der Waals surface area contributed by atoms with Crippen LogP contribution in [0.25, 0.3) is 0 Å². The number of carbonyl (C=O) groups is 1. The zero-order valence-electron chi connectivity index (χ0n) is 11.9. The van der Waals surface area contributed by atoms with E-state index in [-0.39, 0.29) is 11.9 Å². The van der Waals surface area contributed by atoms with E-state index >= 15 is 0 Å². The molecule has 2 rings (SSSR count). The van der Waals surface area contributed by atoms with Crippen LogP contribution in [0.15, 0.2) is 6.07 Å². The van der Waals surface area contributed by atoms with Crippen LogP contribution >= 0.6 is 0 Å². The average Bonchev–Trinajstić information content (AvgIpc) is 2.38. The van der Waals surface area contributed by atoms with Gasteiger partial charge in [-0.05, 0) is 45.7 Å². The summed E-state index contributed by atoms with van der Waals surface area (Å²) in [4.78, 5) is 12.4. The summed E-state index contributed by atoms with van der Waals surface area (Å²) in [6, 6.07) is 2.54. The number of carbonyl (C=O) groups excluding carboxylic acids is 1. The van der Waals surface area contributed by atoms with Crippen molar-refractivity contribution in [2.24, 2.45) is 0 Å². The van der Waals surface area contributed by atoms with Crippen LogP contribution in [0.1, 0.15) is 48.4 Å². The molecule has 0 saturated carbocycles. The molecule has 1 fully saturated rings. The summed E-state index contributed by atoms with van der Waals surface area (Å²) >= 11 is 0. The lowest BCUT2D eigenvalue weighted by atomic mass is 10.00. The molecule has 0 spiro atoms. The third-order valence-corrected chi connectivity index (χ3v) is 3.53. The second-order valence-electron chi connectivity index (χ2n) is 5.25. The highest BCUT2D eigenvalue weighted by Crippen LogP contribution is 2.12. The minimum Gasteiger partial charge on any atom is -0.349 e. The summed E-state index contributed by atoms with van der Waals surface area (Å²) in [7, 11) is 0. The second kappa shape index (κ2) is 6.10. The van der Waals surface area contributed by atoms with Crippen LogP contribution in [0.4, 0.5) is 0 Å². The smallest absolute Gasteiger partial charge is 0.253 e. The fraction of sp³-hybridized carbons (Fsp3) is 0.643. The molecule has 1 aliphatic heterocycles. The van der Waals surface area contributed by atoms with E-state index in [0.29, 0.717) is 11.6 Å². The van der Waals surface area contributed by atoms with Gasteiger partial charge < -0.3 is 10.6 Å². The molecule has 0 bridgehead atoms. The summed E-state index contributed by atoms with van der Waals surface area (Å²) < 4.78 is 0. The molecule has 1 aromatic rings. The number of nitrogens with zero attached hydrogens (tertiary/aromatic N) is 2. The number of hydrogen-bond donors (Lipinski definition) is 2. The van der Waals surface area contributed by atoms with Gasteiger partial charge in [0.2, 0.25) is 0 Å². The standard InChI is InChI=1S/C14H22N4O/c1-4-13-12(8-10(3)17-18-13)14(19)16-11-5-6-15-9(2)7-11/h8-9,11,15H,4-7H2,1-3H3,(H,16,19). The molecule has 1 aliphatic rings. The van der Waals surface area contributed by atoms with Crippen LogP contribution in [0, 0.1) is 6.92 Å². The predicted octanol–water partition coefficient (Wildman–Crippen LogP) is 1.22. The first kappa shape index (κ1) is 13.9. The molecule has 0 radical (unpaired) electrons. The number of rotatable bonds is 3. The van der Waals surface area contributed by atoms with Gasteiger partial charge in [-0.3, -0.25) is 4.79 Å². The Hall–Kier alpha value is -1.49. The van der Waals surface area contributed by atoms with Crippen molar-refractivity contribution >= 4 is 5.91 Å². The summed E-state index contributed by atoms with van der Waals surface area (Å²) in [5, 5.41) is 14.6. The number of piperidine rings is 1. The Bertz CT molecular complexity index is 461. The van der Waals surface area contributed by atoms with E-state index < -0.39 is 0 Å². The van der Waals surface area contributed by atoms with Crippen molar-refractivity contribution in [2.75, 3.05) is 6.54 Å². The highest BCUT2D eigenvalue weighted by atomic mass is 16.1. The van der Waals surface area contributed by atoms with E-state index in [0.717, 1.165) is 37.2 Å². The van der Waals surface area contributed by atoms with Crippen molar-refractivity contribution in [3.63, 3.8) is 0 Å². The van der Waals surface area contributed by atoms with Crippen molar-refractivity contribution in [3.8, 4) is 0 Å². The third kappa shape index (κ3) is 3.50. The average molecular weight is 262 g/mol. The Balaban J connectivity index is 2.09. The van der Waals surface area contributed by atoms with Crippen molar-refractivity contribution < 1.29 is 4.79 Å². The normalized spacial score (nSPS) is 23.1. The maximum Gasteiger partial charge on any atom is 0.253 e. The van der Waals surface area contributed by atoms with E-state index in [1.165, 1.54) is 0 Å². The van der Waals surface area contributed by atoms with Gasteiger partial charge in [-0.25, -0.2) is 0 Å². The summed E-state index contributed by atoms with van der Waals surface area (Å²) in [5.41, 5.74) is 2.22.